The molecule has 0 saturated carbocycles. The van der Waals surface area contributed by atoms with Gasteiger partial charge in [0.15, 0.2) is 5.76 Å². The fourth-order valence-corrected chi connectivity index (χ4v) is 5.66. The molecule has 1 fully saturated rings. The smallest absolute Gasteiger partial charge is 0.416 e. The van der Waals surface area contributed by atoms with Gasteiger partial charge < -0.3 is 14.3 Å². The van der Waals surface area contributed by atoms with Crippen molar-refractivity contribution in [3.05, 3.63) is 71.1 Å². The Balaban J connectivity index is 1.45. The second-order valence-corrected chi connectivity index (χ2v) is 10.7. The lowest BCUT2D eigenvalue weighted by Crippen LogP contribution is -2.44. The molecule has 1 aliphatic rings. The van der Waals surface area contributed by atoms with Crippen LogP contribution >= 0.6 is 0 Å². The molecule has 2 heterocycles. The van der Waals surface area contributed by atoms with Gasteiger partial charge in [-0.1, -0.05) is 12.1 Å². The zero-order valence-electron chi connectivity index (χ0n) is 20.4. The van der Waals surface area contributed by atoms with Gasteiger partial charge in [0.05, 0.1) is 11.3 Å². The molecule has 0 radical (unpaired) electrons. The Bertz CT molecular complexity index is 1380. The molecule has 2 aromatic carbocycles. The number of carboxylic acid groups (broad SMARTS) is 1. The highest BCUT2D eigenvalue weighted by Crippen LogP contribution is 2.31. The van der Waals surface area contributed by atoms with Crippen LogP contribution in [0, 0.1) is 6.92 Å². The van der Waals surface area contributed by atoms with Gasteiger partial charge in [0.2, 0.25) is 5.89 Å². The normalized spacial score (nSPS) is 14.8. The number of nitrogens with zero attached hydrogens (tertiary/aromatic N) is 3. The number of benzene rings is 2. The summed E-state index contributed by atoms with van der Waals surface area (Å²) >= 11 is 0. The number of alkyl halides is 3. The topological polar surface area (TPSA) is 113 Å². The minimum Gasteiger partial charge on any atom is -0.486 e. The number of aromatic nitrogens is 1. The first kappa shape index (κ1) is 27.6. The van der Waals surface area contributed by atoms with Gasteiger partial charge in [0.1, 0.15) is 18.9 Å². The van der Waals surface area contributed by atoms with E-state index < -0.39 is 34.5 Å². The molecule has 0 atom stereocenters. The van der Waals surface area contributed by atoms with E-state index in [1.165, 1.54) is 16.4 Å². The number of oxazole rings is 1. The van der Waals surface area contributed by atoms with Crippen LogP contribution in [0.25, 0.3) is 11.5 Å². The Labute approximate surface area is 217 Å². The van der Waals surface area contributed by atoms with Crippen molar-refractivity contribution in [2.75, 3.05) is 19.6 Å². The third-order valence-electron chi connectivity index (χ3n) is 6.01. The summed E-state index contributed by atoms with van der Waals surface area (Å²) in [6, 6.07) is 11.1. The van der Waals surface area contributed by atoms with Gasteiger partial charge in [0.25, 0.3) is 10.2 Å². The summed E-state index contributed by atoms with van der Waals surface area (Å²) < 4.78 is 78.1. The van der Waals surface area contributed by atoms with Gasteiger partial charge in [-0.05, 0) is 61.7 Å². The predicted molar refractivity (Wildman–Crippen MR) is 130 cm³/mol. The van der Waals surface area contributed by atoms with Crippen molar-refractivity contribution >= 4 is 16.2 Å². The highest BCUT2D eigenvalue weighted by atomic mass is 32.2. The number of hydrogen-bond donors (Lipinski definition) is 1. The van der Waals surface area contributed by atoms with Gasteiger partial charge in [-0.25, -0.2) is 4.98 Å². The van der Waals surface area contributed by atoms with Gasteiger partial charge in [-0.2, -0.15) is 30.2 Å². The maximum atomic E-state index is 13.0. The van der Waals surface area contributed by atoms with E-state index in [2.05, 4.69) is 4.98 Å². The number of halogens is 3. The number of carbonyl (C=O) groups is 1. The first-order valence-corrected chi connectivity index (χ1v) is 13.2. The molecule has 0 aliphatic carbocycles. The van der Waals surface area contributed by atoms with Crippen molar-refractivity contribution in [1.82, 2.24) is 13.6 Å². The maximum Gasteiger partial charge on any atom is 0.416 e. The number of carboxylic acids is 1. The van der Waals surface area contributed by atoms with E-state index in [-0.39, 0.29) is 19.0 Å². The molecule has 0 spiro atoms. The highest BCUT2D eigenvalue weighted by Gasteiger charge is 2.33. The summed E-state index contributed by atoms with van der Waals surface area (Å²) in [6.07, 6.45) is -2.99. The highest BCUT2D eigenvalue weighted by molar-refractivity contribution is 7.86. The zero-order chi connectivity index (χ0) is 27.5. The lowest BCUT2D eigenvalue weighted by molar-refractivity contribution is -0.138. The lowest BCUT2D eigenvalue weighted by Gasteiger charge is -2.26. The standard InChI is InChI=1S/C25H26F3N3O6S/c1-17-22(37-24(29-17)19-7-9-20(10-8-19)25(26,27)28)16-36-21-6-4-5-18(13-21)14-31(15-23(32)33)38(34,35)30-11-2-3-12-30/h4-10,13H,2-3,11-12,14-16H2,1H3,(H,32,33). The number of aryl methyl sites for hydroxylation is 1. The van der Waals surface area contributed by atoms with Crippen molar-refractivity contribution in [3.63, 3.8) is 0 Å². The molecule has 4 rings (SSSR count). The molecule has 204 valence electrons. The lowest BCUT2D eigenvalue weighted by atomic mass is 10.1. The first-order chi connectivity index (χ1) is 17.9. The molecule has 1 aliphatic heterocycles. The van der Waals surface area contributed by atoms with Gasteiger partial charge in [-0.15, -0.1) is 0 Å². The minimum atomic E-state index is -4.44. The second-order valence-electron chi connectivity index (χ2n) is 8.81. The number of aliphatic carboxylic acids is 1. The van der Waals surface area contributed by atoms with Crippen LogP contribution in [-0.4, -0.2) is 52.7 Å². The Kier molecular flexibility index (Phi) is 8.09. The Morgan fingerprint density at radius 1 is 1.16 bits per heavy atom. The summed E-state index contributed by atoms with van der Waals surface area (Å²) in [6.45, 7) is 1.53. The number of rotatable bonds is 10. The van der Waals surface area contributed by atoms with Crippen molar-refractivity contribution in [1.29, 1.82) is 0 Å². The van der Waals surface area contributed by atoms with Crippen LogP contribution in [0.2, 0.25) is 0 Å². The van der Waals surface area contributed by atoms with Crippen molar-refractivity contribution in [2.45, 2.75) is 39.1 Å². The average molecular weight is 554 g/mol. The van der Waals surface area contributed by atoms with Crippen molar-refractivity contribution in [3.8, 4) is 17.2 Å². The summed E-state index contributed by atoms with van der Waals surface area (Å²) in [7, 11) is -3.94. The summed E-state index contributed by atoms with van der Waals surface area (Å²) in [5.74, 6) is -0.345. The third-order valence-corrected chi connectivity index (χ3v) is 7.94. The SMILES string of the molecule is Cc1nc(-c2ccc(C(F)(F)F)cc2)oc1COc1cccc(CN(CC(=O)O)S(=O)(=O)N2CCCC2)c1. The molecule has 0 bridgehead atoms. The van der Waals surface area contributed by atoms with Crippen molar-refractivity contribution < 1.29 is 40.6 Å². The van der Waals surface area contributed by atoms with Crippen molar-refractivity contribution in [2.24, 2.45) is 0 Å². The van der Waals surface area contributed by atoms with E-state index in [1.807, 2.05) is 0 Å². The Morgan fingerprint density at radius 3 is 2.47 bits per heavy atom. The van der Waals surface area contributed by atoms with Crippen LogP contribution in [0.4, 0.5) is 13.2 Å². The van der Waals surface area contributed by atoms with E-state index in [9.17, 15) is 31.5 Å². The van der Waals surface area contributed by atoms with Crippen LogP contribution in [0.1, 0.15) is 35.4 Å². The molecule has 1 saturated heterocycles. The van der Waals surface area contributed by atoms with Gasteiger partial charge in [-0.3, -0.25) is 4.79 Å². The molecule has 3 aromatic rings. The predicted octanol–water partition coefficient (Wildman–Crippen LogP) is 4.48. The molecular formula is C25H26F3N3O6S. The van der Waals surface area contributed by atoms with E-state index in [0.717, 1.165) is 29.3 Å². The van der Waals surface area contributed by atoms with E-state index >= 15 is 0 Å². The fourth-order valence-electron chi connectivity index (χ4n) is 4.03. The van der Waals surface area contributed by atoms with Gasteiger partial charge in [0, 0.05) is 25.2 Å². The first-order valence-electron chi connectivity index (χ1n) is 11.8. The van der Waals surface area contributed by atoms with Crippen LogP contribution in [0.5, 0.6) is 5.75 Å². The van der Waals surface area contributed by atoms with E-state index in [4.69, 9.17) is 9.15 Å². The summed E-state index contributed by atoms with van der Waals surface area (Å²) in [5.41, 5.74) is 0.641. The molecule has 13 heteroatoms. The van der Waals surface area contributed by atoms with Crippen LogP contribution < -0.4 is 4.74 Å². The van der Waals surface area contributed by atoms with E-state index in [1.54, 1.807) is 31.2 Å². The molecule has 0 amide bonds. The van der Waals surface area contributed by atoms with E-state index in [0.29, 0.717) is 41.4 Å². The maximum absolute atomic E-state index is 13.0. The van der Waals surface area contributed by atoms with Crippen LogP contribution in [-0.2, 0) is 34.3 Å². The third kappa shape index (κ3) is 6.52. The van der Waals surface area contributed by atoms with Gasteiger partial charge >= 0.3 is 12.1 Å². The largest absolute Gasteiger partial charge is 0.486 e. The molecule has 38 heavy (non-hydrogen) atoms. The molecular weight excluding hydrogens is 527 g/mol. The molecule has 1 aromatic heterocycles. The Hall–Kier alpha value is -3.42. The molecule has 9 nitrogen and oxygen atoms in total. The fraction of sp³-hybridized carbons (Fsp3) is 0.360. The quantitative estimate of drug-likeness (QED) is 0.394. The average Bonchev–Trinajstić information content (AvgIpc) is 3.53. The molecule has 0 unspecified atom stereocenters. The van der Waals surface area contributed by atoms with Crippen LogP contribution in [0.15, 0.2) is 52.9 Å². The second kappa shape index (κ2) is 11.1. The zero-order valence-corrected chi connectivity index (χ0v) is 21.3. The summed E-state index contributed by atoms with van der Waals surface area (Å²) in [5, 5.41) is 9.28. The Morgan fingerprint density at radius 2 is 1.84 bits per heavy atom. The number of ether oxygens (including phenoxy) is 1. The number of hydrogen-bond acceptors (Lipinski definition) is 6. The molecule has 1 N–H and O–H groups in total. The monoisotopic (exact) mass is 553 g/mol. The summed E-state index contributed by atoms with van der Waals surface area (Å²) in [4.78, 5) is 15.6. The van der Waals surface area contributed by atoms with Crippen LogP contribution in [0.3, 0.4) is 0 Å². The minimum absolute atomic E-state index is 0.0339.